The third kappa shape index (κ3) is 2.61. The molecule has 1 saturated heterocycles. The van der Waals surface area contributed by atoms with Crippen LogP contribution in [0.5, 0.6) is 0 Å². The molecule has 0 bridgehead atoms. The van der Waals surface area contributed by atoms with Crippen LogP contribution in [-0.4, -0.2) is 19.6 Å². The Morgan fingerprint density at radius 1 is 1.14 bits per heavy atom. The van der Waals surface area contributed by atoms with Crippen molar-refractivity contribution in [3.8, 4) is 0 Å². The lowest BCUT2D eigenvalue weighted by atomic mass is 9.82. The number of para-hydroxylation sites is 1. The van der Waals surface area contributed by atoms with Crippen LogP contribution >= 0.6 is 11.6 Å². The van der Waals surface area contributed by atoms with Crippen molar-refractivity contribution in [1.82, 2.24) is 0 Å². The zero-order valence-electron chi connectivity index (χ0n) is 11.7. The number of halogens is 1. The molecule has 21 heavy (non-hydrogen) atoms. The highest BCUT2D eigenvalue weighted by atomic mass is 35.5. The van der Waals surface area contributed by atoms with E-state index < -0.39 is 0 Å². The van der Waals surface area contributed by atoms with Crippen molar-refractivity contribution < 1.29 is 9.53 Å². The largest absolute Gasteiger partial charge is 0.469 e. The lowest BCUT2D eigenvalue weighted by Gasteiger charge is -2.48. The normalized spacial score (nSPS) is 20.8. The quantitative estimate of drug-likeness (QED) is 0.810. The molecule has 1 heterocycles. The first-order chi connectivity index (χ1) is 10.2. The minimum atomic E-state index is -0.165. The van der Waals surface area contributed by atoms with Gasteiger partial charge in [-0.05, 0) is 29.8 Å². The van der Waals surface area contributed by atoms with E-state index in [1.54, 1.807) is 0 Å². The Morgan fingerprint density at radius 3 is 2.43 bits per heavy atom. The van der Waals surface area contributed by atoms with Crippen molar-refractivity contribution >= 4 is 23.3 Å². The van der Waals surface area contributed by atoms with Crippen LogP contribution in [0, 0.1) is 5.92 Å². The number of esters is 1. The second kappa shape index (κ2) is 5.78. The van der Waals surface area contributed by atoms with E-state index in [1.807, 2.05) is 42.5 Å². The summed E-state index contributed by atoms with van der Waals surface area (Å²) >= 11 is 5.95. The first-order valence-electron chi connectivity index (χ1n) is 6.85. The van der Waals surface area contributed by atoms with Gasteiger partial charge < -0.3 is 9.64 Å². The molecule has 2 atom stereocenters. The van der Waals surface area contributed by atoms with Gasteiger partial charge in [0, 0.05) is 17.3 Å². The molecule has 3 nitrogen and oxygen atoms in total. The number of ether oxygens (including phenoxy) is 1. The average Bonchev–Trinajstić information content (AvgIpc) is 2.49. The first-order valence-corrected chi connectivity index (χ1v) is 7.23. The molecule has 0 radical (unpaired) electrons. The summed E-state index contributed by atoms with van der Waals surface area (Å²) < 4.78 is 4.92. The zero-order valence-corrected chi connectivity index (χ0v) is 12.5. The predicted molar refractivity (Wildman–Crippen MR) is 83.5 cm³/mol. The molecule has 0 aliphatic carbocycles. The molecular weight excluding hydrogens is 286 g/mol. The standard InChI is InChI=1S/C17H16ClNO2/c1-21-17(20)15-11-19(14-5-3-2-4-6-14)16(15)12-7-9-13(18)10-8-12/h2-10,15-16H,11H2,1H3/t15-,16+/m1/s1. The van der Waals surface area contributed by atoms with Crippen LogP contribution in [-0.2, 0) is 9.53 Å². The molecule has 3 rings (SSSR count). The Balaban J connectivity index is 1.92. The number of methoxy groups -OCH3 is 1. The maximum atomic E-state index is 11.9. The van der Waals surface area contributed by atoms with Gasteiger partial charge in [-0.2, -0.15) is 0 Å². The van der Waals surface area contributed by atoms with Crippen molar-refractivity contribution in [2.24, 2.45) is 5.92 Å². The first kappa shape index (κ1) is 14.0. The Bertz CT molecular complexity index is 627. The molecule has 1 fully saturated rings. The number of benzene rings is 2. The van der Waals surface area contributed by atoms with Crippen molar-refractivity contribution in [2.75, 3.05) is 18.6 Å². The summed E-state index contributed by atoms with van der Waals surface area (Å²) in [5, 5.41) is 0.693. The second-order valence-electron chi connectivity index (χ2n) is 5.11. The van der Waals surface area contributed by atoms with E-state index in [-0.39, 0.29) is 17.9 Å². The van der Waals surface area contributed by atoms with Crippen molar-refractivity contribution in [3.63, 3.8) is 0 Å². The lowest BCUT2D eigenvalue weighted by molar-refractivity contribution is -0.148. The van der Waals surface area contributed by atoms with E-state index >= 15 is 0 Å². The molecule has 1 aliphatic heterocycles. The Kier molecular flexibility index (Phi) is 3.84. The fourth-order valence-corrected chi connectivity index (χ4v) is 2.94. The molecule has 1 aliphatic rings. The Labute approximate surface area is 129 Å². The Morgan fingerprint density at radius 2 is 1.81 bits per heavy atom. The minimum absolute atomic E-state index is 0.00267. The third-order valence-electron chi connectivity index (χ3n) is 3.91. The van der Waals surface area contributed by atoms with Gasteiger partial charge in [0.15, 0.2) is 0 Å². The van der Waals surface area contributed by atoms with Crippen molar-refractivity contribution in [1.29, 1.82) is 0 Å². The van der Waals surface area contributed by atoms with Crippen LogP contribution < -0.4 is 4.90 Å². The van der Waals surface area contributed by atoms with E-state index in [4.69, 9.17) is 16.3 Å². The van der Waals surface area contributed by atoms with Gasteiger partial charge in [-0.3, -0.25) is 4.79 Å². The van der Waals surface area contributed by atoms with Crippen LogP contribution in [0.2, 0.25) is 5.02 Å². The summed E-state index contributed by atoms with van der Waals surface area (Å²) in [5.74, 6) is -0.307. The van der Waals surface area contributed by atoms with Gasteiger partial charge in [0.1, 0.15) is 0 Å². The van der Waals surface area contributed by atoms with Gasteiger partial charge in [-0.15, -0.1) is 0 Å². The number of hydrogen-bond acceptors (Lipinski definition) is 3. The molecule has 4 heteroatoms. The van der Waals surface area contributed by atoms with E-state index in [2.05, 4.69) is 17.0 Å². The summed E-state index contributed by atoms with van der Waals surface area (Å²) in [6, 6.07) is 17.7. The summed E-state index contributed by atoms with van der Waals surface area (Å²) in [6.45, 7) is 0.671. The van der Waals surface area contributed by atoms with Gasteiger partial charge in [-0.25, -0.2) is 0 Å². The summed E-state index contributed by atoms with van der Waals surface area (Å²) in [7, 11) is 1.44. The molecule has 0 N–H and O–H groups in total. The van der Waals surface area contributed by atoms with Crippen LogP contribution in [0.15, 0.2) is 54.6 Å². The lowest BCUT2D eigenvalue weighted by Crippen LogP contribution is -2.53. The monoisotopic (exact) mass is 301 g/mol. The number of anilines is 1. The van der Waals surface area contributed by atoms with Crippen molar-refractivity contribution in [3.05, 3.63) is 65.2 Å². The van der Waals surface area contributed by atoms with E-state index in [9.17, 15) is 4.79 Å². The van der Waals surface area contributed by atoms with Crippen molar-refractivity contribution in [2.45, 2.75) is 6.04 Å². The second-order valence-corrected chi connectivity index (χ2v) is 5.55. The van der Waals surface area contributed by atoms with Gasteiger partial charge in [0.05, 0.1) is 19.1 Å². The highest BCUT2D eigenvalue weighted by molar-refractivity contribution is 6.30. The highest BCUT2D eigenvalue weighted by Crippen LogP contribution is 2.42. The third-order valence-corrected chi connectivity index (χ3v) is 4.17. The van der Waals surface area contributed by atoms with Gasteiger partial charge >= 0.3 is 5.97 Å². The zero-order chi connectivity index (χ0) is 14.8. The number of hydrogen-bond donors (Lipinski definition) is 0. The molecule has 108 valence electrons. The maximum absolute atomic E-state index is 11.9. The number of carbonyl (C=O) groups excluding carboxylic acids is 1. The fourth-order valence-electron chi connectivity index (χ4n) is 2.82. The van der Waals surface area contributed by atoms with E-state index in [0.717, 1.165) is 11.3 Å². The van der Waals surface area contributed by atoms with Gasteiger partial charge in [0.2, 0.25) is 0 Å². The molecule has 0 saturated carbocycles. The highest BCUT2D eigenvalue weighted by Gasteiger charge is 2.45. The topological polar surface area (TPSA) is 29.5 Å². The van der Waals surface area contributed by atoms with Crippen LogP contribution in [0.25, 0.3) is 0 Å². The molecule has 0 aromatic heterocycles. The molecule has 2 aromatic carbocycles. The van der Waals surface area contributed by atoms with E-state index in [1.165, 1.54) is 7.11 Å². The van der Waals surface area contributed by atoms with Crippen LogP contribution in [0.1, 0.15) is 11.6 Å². The predicted octanol–water partition coefficient (Wildman–Crippen LogP) is 3.69. The summed E-state index contributed by atoms with van der Waals surface area (Å²) in [4.78, 5) is 14.2. The molecule has 0 spiro atoms. The SMILES string of the molecule is COC(=O)[C@@H]1CN(c2ccccc2)[C@H]1c1ccc(Cl)cc1. The summed E-state index contributed by atoms with van der Waals surface area (Å²) in [5.41, 5.74) is 2.18. The fraction of sp³-hybridized carbons (Fsp3) is 0.235. The molecule has 2 aromatic rings. The number of nitrogens with zero attached hydrogens (tertiary/aromatic N) is 1. The van der Waals surface area contributed by atoms with Gasteiger partial charge in [-0.1, -0.05) is 41.9 Å². The minimum Gasteiger partial charge on any atom is -0.469 e. The van der Waals surface area contributed by atoms with Gasteiger partial charge in [0.25, 0.3) is 0 Å². The number of rotatable bonds is 3. The van der Waals surface area contributed by atoms with Crippen LogP contribution in [0.4, 0.5) is 5.69 Å². The van der Waals surface area contributed by atoms with Crippen LogP contribution in [0.3, 0.4) is 0 Å². The summed E-state index contributed by atoms with van der Waals surface area (Å²) in [6.07, 6.45) is 0. The van der Waals surface area contributed by atoms with E-state index in [0.29, 0.717) is 11.6 Å². The number of carbonyl (C=O) groups is 1. The molecular formula is C17H16ClNO2. The Hall–Kier alpha value is -2.00. The smallest absolute Gasteiger partial charge is 0.312 e. The average molecular weight is 302 g/mol. The molecule has 0 amide bonds. The molecule has 0 unspecified atom stereocenters. The maximum Gasteiger partial charge on any atom is 0.312 e.